The van der Waals surface area contributed by atoms with Crippen molar-refractivity contribution < 1.29 is 4.74 Å². The SMILES string of the molecule is CCc1cccc(CC)c1C(OCC1CCCN(C)C1)c1c(CC)cccc1CC. The van der Waals surface area contributed by atoms with E-state index in [1.54, 1.807) is 0 Å². The summed E-state index contributed by atoms with van der Waals surface area (Å²) in [6.45, 7) is 12.3. The van der Waals surface area contributed by atoms with Gasteiger partial charge < -0.3 is 9.64 Å². The van der Waals surface area contributed by atoms with Crippen molar-refractivity contribution in [3.8, 4) is 0 Å². The molecule has 0 aromatic heterocycles. The van der Waals surface area contributed by atoms with Gasteiger partial charge in [0, 0.05) is 6.54 Å². The summed E-state index contributed by atoms with van der Waals surface area (Å²) in [5, 5.41) is 0. The summed E-state index contributed by atoms with van der Waals surface area (Å²) in [6.07, 6.45) is 6.79. The lowest BCUT2D eigenvalue weighted by molar-refractivity contribution is 0.0292. The van der Waals surface area contributed by atoms with Gasteiger partial charge in [-0.05, 0) is 91.4 Å². The van der Waals surface area contributed by atoms with E-state index in [1.165, 1.54) is 52.8 Å². The summed E-state index contributed by atoms with van der Waals surface area (Å²) < 4.78 is 6.95. The Morgan fingerprint density at radius 1 is 0.833 bits per heavy atom. The van der Waals surface area contributed by atoms with Crippen molar-refractivity contribution in [2.24, 2.45) is 5.92 Å². The van der Waals surface area contributed by atoms with Gasteiger partial charge in [-0.15, -0.1) is 0 Å². The molecule has 30 heavy (non-hydrogen) atoms. The van der Waals surface area contributed by atoms with E-state index in [0.717, 1.165) is 38.8 Å². The van der Waals surface area contributed by atoms with Gasteiger partial charge in [0.25, 0.3) is 0 Å². The van der Waals surface area contributed by atoms with Crippen molar-refractivity contribution >= 4 is 0 Å². The Hall–Kier alpha value is -1.64. The third kappa shape index (κ3) is 5.15. The average Bonchev–Trinajstić information content (AvgIpc) is 2.79. The van der Waals surface area contributed by atoms with Gasteiger partial charge in [-0.2, -0.15) is 0 Å². The van der Waals surface area contributed by atoms with Crippen LogP contribution in [0.15, 0.2) is 36.4 Å². The molecule has 1 aliphatic heterocycles. The Morgan fingerprint density at radius 3 is 1.70 bits per heavy atom. The Bertz CT molecular complexity index is 712. The van der Waals surface area contributed by atoms with Crippen LogP contribution in [0, 0.1) is 5.92 Å². The minimum Gasteiger partial charge on any atom is -0.368 e. The first-order valence-corrected chi connectivity index (χ1v) is 12.1. The second-order valence-corrected chi connectivity index (χ2v) is 8.88. The van der Waals surface area contributed by atoms with Crippen molar-refractivity contribution in [3.05, 3.63) is 69.8 Å². The molecule has 1 saturated heterocycles. The standard InChI is InChI=1S/C28H41NO/c1-6-22-14-10-15-23(7-2)26(22)28(30-20-21-13-12-18-29(5)19-21)27-24(8-3)16-11-17-25(27)9-4/h10-11,14-17,21,28H,6-9,12-13,18-20H2,1-5H3. The number of nitrogens with zero attached hydrogens (tertiary/aromatic N) is 1. The third-order valence-corrected chi connectivity index (χ3v) is 6.84. The maximum atomic E-state index is 6.95. The van der Waals surface area contributed by atoms with Crippen LogP contribution in [0.4, 0.5) is 0 Å². The molecular weight excluding hydrogens is 366 g/mol. The number of piperidine rings is 1. The zero-order chi connectivity index (χ0) is 21.5. The van der Waals surface area contributed by atoms with Crippen molar-refractivity contribution in [2.45, 2.75) is 72.3 Å². The molecule has 164 valence electrons. The molecule has 0 radical (unpaired) electrons. The van der Waals surface area contributed by atoms with Gasteiger partial charge in [-0.1, -0.05) is 64.1 Å². The molecule has 0 N–H and O–H groups in total. The van der Waals surface area contributed by atoms with Gasteiger partial charge in [0.05, 0.1) is 6.61 Å². The Labute approximate surface area is 184 Å². The normalized spacial score (nSPS) is 17.6. The Balaban J connectivity index is 2.07. The van der Waals surface area contributed by atoms with E-state index in [2.05, 4.69) is 76.0 Å². The third-order valence-electron chi connectivity index (χ3n) is 6.84. The van der Waals surface area contributed by atoms with Crippen LogP contribution in [0.1, 0.15) is 80.0 Å². The molecule has 0 amide bonds. The molecule has 3 rings (SSSR count). The van der Waals surface area contributed by atoms with Crippen LogP contribution in [-0.4, -0.2) is 31.6 Å². The molecule has 1 atom stereocenters. The topological polar surface area (TPSA) is 12.5 Å². The van der Waals surface area contributed by atoms with Gasteiger partial charge in [0.2, 0.25) is 0 Å². The fourth-order valence-corrected chi connectivity index (χ4v) is 5.19. The fraction of sp³-hybridized carbons (Fsp3) is 0.571. The van der Waals surface area contributed by atoms with Crippen LogP contribution in [0.3, 0.4) is 0 Å². The zero-order valence-corrected chi connectivity index (χ0v) is 19.8. The Kier molecular flexibility index (Phi) is 8.53. The van der Waals surface area contributed by atoms with E-state index >= 15 is 0 Å². The lowest BCUT2D eigenvalue weighted by Gasteiger charge is -2.33. The first-order valence-electron chi connectivity index (χ1n) is 12.1. The molecular formula is C28H41NO. The highest BCUT2D eigenvalue weighted by atomic mass is 16.5. The predicted octanol–water partition coefficient (Wildman–Crippen LogP) is 6.38. The number of hydrogen-bond donors (Lipinski definition) is 0. The summed E-state index contributed by atoms with van der Waals surface area (Å²) in [6, 6.07) is 13.7. The lowest BCUT2D eigenvalue weighted by atomic mass is 9.84. The van der Waals surface area contributed by atoms with E-state index in [1.807, 2.05) is 0 Å². The molecule has 2 aromatic carbocycles. The molecule has 1 unspecified atom stereocenters. The van der Waals surface area contributed by atoms with Gasteiger partial charge in [0.15, 0.2) is 0 Å². The van der Waals surface area contributed by atoms with Gasteiger partial charge in [-0.25, -0.2) is 0 Å². The van der Waals surface area contributed by atoms with Crippen molar-refractivity contribution in [1.29, 1.82) is 0 Å². The van der Waals surface area contributed by atoms with Crippen molar-refractivity contribution in [1.82, 2.24) is 4.90 Å². The smallest absolute Gasteiger partial charge is 0.109 e. The van der Waals surface area contributed by atoms with Crippen LogP contribution < -0.4 is 0 Å². The van der Waals surface area contributed by atoms with Crippen LogP contribution >= 0.6 is 0 Å². The average molecular weight is 408 g/mol. The van der Waals surface area contributed by atoms with Gasteiger partial charge >= 0.3 is 0 Å². The first kappa shape index (κ1) is 23.0. The highest BCUT2D eigenvalue weighted by Gasteiger charge is 2.27. The molecule has 1 aliphatic rings. The number of benzene rings is 2. The number of likely N-dealkylation sites (tertiary alicyclic amines) is 1. The molecule has 2 nitrogen and oxygen atoms in total. The summed E-state index contributed by atoms with van der Waals surface area (Å²) in [7, 11) is 2.24. The maximum Gasteiger partial charge on any atom is 0.109 e. The number of aryl methyl sites for hydroxylation is 4. The fourth-order valence-electron chi connectivity index (χ4n) is 5.19. The minimum atomic E-state index is 0.0365. The van der Waals surface area contributed by atoms with Crippen LogP contribution in [-0.2, 0) is 30.4 Å². The molecule has 1 fully saturated rings. The second-order valence-electron chi connectivity index (χ2n) is 8.88. The monoisotopic (exact) mass is 407 g/mol. The second kappa shape index (κ2) is 11.1. The summed E-state index contributed by atoms with van der Waals surface area (Å²) in [4.78, 5) is 2.46. The quantitative estimate of drug-likeness (QED) is 0.478. The van der Waals surface area contributed by atoms with E-state index in [9.17, 15) is 0 Å². The molecule has 0 aliphatic carbocycles. The van der Waals surface area contributed by atoms with E-state index in [4.69, 9.17) is 4.74 Å². The summed E-state index contributed by atoms with van der Waals surface area (Å²) >= 11 is 0. The summed E-state index contributed by atoms with van der Waals surface area (Å²) in [5.74, 6) is 0.629. The molecule has 0 bridgehead atoms. The van der Waals surface area contributed by atoms with E-state index < -0.39 is 0 Å². The van der Waals surface area contributed by atoms with Crippen molar-refractivity contribution in [3.63, 3.8) is 0 Å². The zero-order valence-electron chi connectivity index (χ0n) is 19.8. The number of ether oxygens (including phenoxy) is 1. The van der Waals surface area contributed by atoms with Gasteiger partial charge in [-0.3, -0.25) is 0 Å². The van der Waals surface area contributed by atoms with Crippen molar-refractivity contribution in [2.75, 3.05) is 26.7 Å². The lowest BCUT2D eigenvalue weighted by Crippen LogP contribution is -2.34. The molecule has 0 saturated carbocycles. The van der Waals surface area contributed by atoms with Crippen LogP contribution in [0.2, 0.25) is 0 Å². The minimum absolute atomic E-state index is 0.0365. The van der Waals surface area contributed by atoms with Crippen LogP contribution in [0.25, 0.3) is 0 Å². The number of hydrogen-bond acceptors (Lipinski definition) is 2. The number of rotatable bonds is 9. The Morgan fingerprint density at radius 2 is 1.30 bits per heavy atom. The highest BCUT2D eigenvalue weighted by Crippen LogP contribution is 2.37. The van der Waals surface area contributed by atoms with E-state index in [0.29, 0.717) is 5.92 Å². The highest BCUT2D eigenvalue weighted by molar-refractivity contribution is 5.47. The first-order chi connectivity index (χ1) is 14.6. The summed E-state index contributed by atoms with van der Waals surface area (Å²) in [5.41, 5.74) is 8.62. The van der Waals surface area contributed by atoms with E-state index in [-0.39, 0.29) is 6.10 Å². The predicted molar refractivity (Wildman–Crippen MR) is 128 cm³/mol. The van der Waals surface area contributed by atoms with Crippen LogP contribution in [0.5, 0.6) is 0 Å². The van der Waals surface area contributed by atoms with Gasteiger partial charge in [0.1, 0.15) is 6.10 Å². The maximum absolute atomic E-state index is 6.95. The molecule has 0 spiro atoms. The largest absolute Gasteiger partial charge is 0.368 e. The molecule has 1 heterocycles. The molecule has 2 aromatic rings. The molecule has 2 heteroatoms.